The second-order valence-electron chi connectivity index (χ2n) is 2.17. The minimum Gasteiger partial charge on any atom is -0.392 e. The van der Waals surface area contributed by atoms with Crippen LogP contribution in [0.2, 0.25) is 5.02 Å². The normalized spacial score (nSPS) is 12.9. The molecule has 0 spiro atoms. The molecular weight excluding hydrogens is 200 g/mol. The third kappa shape index (κ3) is 2.04. The van der Waals surface area contributed by atoms with Crippen molar-refractivity contribution >= 4 is 22.7 Å². The number of hydrogen-bond acceptors (Lipinski definition) is 2. The number of halogens is 1. The summed E-state index contributed by atoms with van der Waals surface area (Å²) in [6.07, 6.45) is 0. The van der Waals surface area contributed by atoms with Crippen molar-refractivity contribution in [1.82, 2.24) is 0 Å². The van der Waals surface area contributed by atoms with E-state index in [-0.39, 0.29) is 16.5 Å². The second-order valence-corrected chi connectivity index (χ2v) is 3.52. The maximum atomic E-state index is 10.6. The van der Waals surface area contributed by atoms with Crippen LogP contribution in [-0.2, 0) is 17.7 Å². The van der Waals surface area contributed by atoms with Crippen LogP contribution < -0.4 is 0 Å². The van der Waals surface area contributed by atoms with E-state index in [0.29, 0.717) is 5.56 Å². The molecule has 12 heavy (non-hydrogen) atoms. The average molecular weight is 207 g/mol. The van der Waals surface area contributed by atoms with E-state index < -0.39 is 11.1 Å². The largest absolute Gasteiger partial charge is 0.392 e. The molecule has 0 amide bonds. The van der Waals surface area contributed by atoms with Gasteiger partial charge in [0.1, 0.15) is 0 Å². The van der Waals surface area contributed by atoms with Gasteiger partial charge in [0.05, 0.1) is 16.5 Å². The smallest absolute Gasteiger partial charge is 0.188 e. The van der Waals surface area contributed by atoms with Gasteiger partial charge < -0.3 is 9.66 Å². The summed E-state index contributed by atoms with van der Waals surface area (Å²) in [6.45, 7) is -0.127. The Kier molecular flexibility index (Phi) is 3.22. The predicted molar refractivity (Wildman–Crippen MR) is 46.4 cm³/mol. The molecule has 1 unspecified atom stereocenters. The van der Waals surface area contributed by atoms with Gasteiger partial charge >= 0.3 is 0 Å². The molecule has 66 valence electrons. The summed E-state index contributed by atoms with van der Waals surface area (Å²) in [5.74, 6) is 0. The van der Waals surface area contributed by atoms with E-state index in [1.807, 2.05) is 0 Å². The van der Waals surface area contributed by atoms with Crippen LogP contribution >= 0.6 is 11.6 Å². The van der Waals surface area contributed by atoms with Crippen molar-refractivity contribution in [3.05, 3.63) is 28.8 Å². The molecule has 0 fully saturated rings. The van der Waals surface area contributed by atoms with Gasteiger partial charge in [-0.15, -0.1) is 0 Å². The van der Waals surface area contributed by atoms with Crippen LogP contribution in [0.3, 0.4) is 0 Å². The Labute approximate surface area is 77.3 Å². The summed E-state index contributed by atoms with van der Waals surface area (Å²) in [7, 11) is 0. The molecule has 0 aliphatic heterocycles. The molecule has 5 heteroatoms. The molecule has 0 heterocycles. The molecule has 0 saturated carbocycles. The zero-order valence-corrected chi connectivity index (χ0v) is 7.60. The van der Waals surface area contributed by atoms with E-state index in [4.69, 9.17) is 21.3 Å². The van der Waals surface area contributed by atoms with Gasteiger partial charge in [0.25, 0.3) is 0 Å². The van der Waals surface area contributed by atoms with Gasteiger partial charge in [0, 0.05) is 0 Å². The highest BCUT2D eigenvalue weighted by Crippen LogP contribution is 2.20. The van der Waals surface area contributed by atoms with Gasteiger partial charge in [-0.25, -0.2) is 4.21 Å². The van der Waals surface area contributed by atoms with Crippen LogP contribution in [0.25, 0.3) is 0 Å². The molecule has 0 bridgehead atoms. The molecule has 1 atom stereocenters. The van der Waals surface area contributed by atoms with E-state index in [0.717, 1.165) is 0 Å². The fourth-order valence-corrected chi connectivity index (χ4v) is 1.60. The minimum absolute atomic E-state index is 0.127. The second kappa shape index (κ2) is 4.00. The Hall–Kier alpha value is -0.420. The van der Waals surface area contributed by atoms with Gasteiger partial charge in [0.2, 0.25) is 0 Å². The highest BCUT2D eigenvalue weighted by molar-refractivity contribution is 7.79. The quantitative estimate of drug-likeness (QED) is 0.720. The van der Waals surface area contributed by atoms with Crippen LogP contribution in [-0.4, -0.2) is 13.9 Å². The van der Waals surface area contributed by atoms with Gasteiger partial charge in [-0.3, -0.25) is 0 Å². The number of aliphatic hydroxyl groups is 1. The minimum atomic E-state index is -2.06. The Bertz CT molecular complexity index is 314. The van der Waals surface area contributed by atoms with Crippen LogP contribution in [0, 0.1) is 0 Å². The first-order valence-electron chi connectivity index (χ1n) is 3.15. The van der Waals surface area contributed by atoms with Crippen molar-refractivity contribution in [1.29, 1.82) is 0 Å². The SMILES string of the molecule is O=S(O)c1ccc(CO)cc1Cl. The monoisotopic (exact) mass is 206 g/mol. The molecule has 1 rings (SSSR count). The first-order valence-corrected chi connectivity index (χ1v) is 4.63. The summed E-state index contributed by atoms with van der Waals surface area (Å²) < 4.78 is 19.3. The Morgan fingerprint density at radius 1 is 1.50 bits per heavy atom. The molecule has 3 nitrogen and oxygen atoms in total. The summed E-state index contributed by atoms with van der Waals surface area (Å²) in [5, 5.41) is 8.89. The zero-order valence-electron chi connectivity index (χ0n) is 6.03. The third-order valence-electron chi connectivity index (χ3n) is 1.37. The van der Waals surface area contributed by atoms with Gasteiger partial charge in [-0.2, -0.15) is 0 Å². The Morgan fingerprint density at radius 2 is 2.17 bits per heavy atom. The highest BCUT2D eigenvalue weighted by atomic mass is 35.5. The molecule has 0 saturated heterocycles. The lowest BCUT2D eigenvalue weighted by atomic mass is 10.2. The van der Waals surface area contributed by atoms with Gasteiger partial charge in [-0.1, -0.05) is 17.7 Å². The highest BCUT2D eigenvalue weighted by Gasteiger charge is 2.05. The van der Waals surface area contributed by atoms with E-state index in [9.17, 15) is 4.21 Å². The number of aliphatic hydroxyl groups excluding tert-OH is 1. The molecule has 1 aromatic rings. The standard InChI is InChI=1S/C7H7ClO3S/c8-6-3-5(4-9)1-2-7(6)12(10)11/h1-3,9H,4H2,(H,10,11). The molecule has 0 aliphatic rings. The van der Waals surface area contributed by atoms with E-state index >= 15 is 0 Å². The van der Waals surface area contributed by atoms with Crippen LogP contribution in [0.15, 0.2) is 23.1 Å². The van der Waals surface area contributed by atoms with Crippen molar-refractivity contribution < 1.29 is 13.9 Å². The fraction of sp³-hybridized carbons (Fsp3) is 0.143. The van der Waals surface area contributed by atoms with Crippen molar-refractivity contribution in [2.45, 2.75) is 11.5 Å². The first-order chi connectivity index (χ1) is 5.65. The van der Waals surface area contributed by atoms with Gasteiger partial charge in [0.15, 0.2) is 11.1 Å². The number of benzene rings is 1. The van der Waals surface area contributed by atoms with Crippen molar-refractivity contribution in [2.24, 2.45) is 0 Å². The summed E-state index contributed by atoms with van der Waals surface area (Å²) in [5.41, 5.74) is 0.620. The van der Waals surface area contributed by atoms with Gasteiger partial charge in [-0.05, 0) is 17.7 Å². The topological polar surface area (TPSA) is 57.5 Å². The summed E-state index contributed by atoms with van der Waals surface area (Å²) in [4.78, 5) is 0.161. The molecule has 1 aromatic carbocycles. The van der Waals surface area contributed by atoms with E-state index in [2.05, 4.69) is 0 Å². The molecular formula is C7H7ClO3S. The Morgan fingerprint density at radius 3 is 2.58 bits per heavy atom. The molecule has 0 aliphatic carbocycles. The van der Waals surface area contributed by atoms with Crippen LogP contribution in [0.1, 0.15) is 5.56 Å². The average Bonchev–Trinajstić information content (AvgIpc) is 2.03. The number of rotatable bonds is 2. The fourth-order valence-electron chi connectivity index (χ4n) is 0.784. The maximum absolute atomic E-state index is 10.6. The van der Waals surface area contributed by atoms with Crippen LogP contribution in [0.4, 0.5) is 0 Å². The lowest BCUT2D eigenvalue weighted by molar-refractivity contribution is 0.282. The van der Waals surface area contributed by atoms with Crippen LogP contribution in [0.5, 0.6) is 0 Å². The number of hydrogen-bond donors (Lipinski definition) is 2. The van der Waals surface area contributed by atoms with E-state index in [1.54, 1.807) is 6.07 Å². The van der Waals surface area contributed by atoms with Crippen molar-refractivity contribution in [3.8, 4) is 0 Å². The molecule has 2 N–H and O–H groups in total. The lowest BCUT2D eigenvalue weighted by Gasteiger charge is -2.00. The Balaban J connectivity index is 3.12. The predicted octanol–water partition coefficient (Wildman–Crippen LogP) is 1.41. The van der Waals surface area contributed by atoms with Crippen molar-refractivity contribution in [2.75, 3.05) is 0 Å². The zero-order chi connectivity index (χ0) is 9.14. The molecule has 0 radical (unpaired) electrons. The van der Waals surface area contributed by atoms with E-state index in [1.165, 1.54) is 12.1 Å². The third-order valence-corrected chi connectivity index (χ3v) is 2.52. The summed E-state index contributed by atoms with van der Waals surface area (Å²) >= 11 is 3.57. The summed E-state index contributed by atoms with van der Waals surface area (Å²) in [6, 6.07) is 4.43. The first kappa shape index (κ1) is 9.67. The van der Waals surface area contributed by atoms with Crippen molar-refractivity contribution in [3.63, 3.8) is 0 Å². The molecule has 0 aromatic heterocycles. The lowest BCUT2D eigenvalue weighted by Crippen LogP contribution is -1.91. The maximum Gasteiger partial charge on any atom is 0.188 e.